The van der Waals surface area contributed by atoms with Gasteiger partial charge in [0, 0.05) is 0 Å². The lowest BCUT2D eigenvalue weighted by Crippen LogP contribution is -3.61. The average molecular weight is 387 g/mol. The van der Waals surface area contributed by atoms with Gasteiger partial charge in [-0.2, -0.15) is 0 Å². The molecule has 0 atom stereocenters. The molecule has 0 saturated carbocycles. The van der Waals surface area contributed by atoms with E-state index < -0.39 is 0 Å². The van der Waals surface area contributed by atoms with Gasteiger partial charge in [0.2, 0.25) is 7.14 Å². The summed E-state index contributed by atoms with van der Waals surface area (Å²) in [5, 5.41) is 1.05. The molecule has 0 radical (unpaired) electrons. The van der Waals surface area contributed by atoms with Crippen LogP contribution in [-0.4, -0.2) is 9.97 Å². The second kappa shape index (κ2) is 6.59. The van der Waals surface area contributed by atoms with Crippen molar-refractivity contribution in [1.82, 2.24) is 9.97 Å². The summed E-state index contributed by atoms with van der Waals surface area (Å²) >= 11 is 11.2. The van der Waals surface area contributed by atoms with Crippen molar-refractivity contribution in [1.29, 1.82) is 0 Å². The first-order valence-corrected chi connectivity index (χ1v) is 7.03. The van der Waals surface area contributed by atoms with E-state index in [-0.39, 0.29) is 33.6 Å². The molecular weight excluding hydrogens is 381 g/mol. The first-order chi connectivity index (χ1) is 7.24. The van der Waals surface area contributed by atoms with Crippen molar-refractivity contribution < 1.29 is 33.6 Å². The zero-order valence-corrected chi connectivity index (χ0v) is 12.3. The third-order valence-corrected chi connectivity index (χ3v) is 4.57. The Balaban J connectivity index is 0.00000128. The molecule has 0 bridgehead atoms. The van der Waals surface area contributed by atoms with E-state index in [2.05, 4.69) is 9.97 Å². The molecule has 6 heteroatoms. The first kappa shape index (κ1) is 14.0. The fourth-order valence-electron chi connectivity index (χ4n) is 0.953. The highest BCUT2D eigenvalue weighted by Gasteiger charge is 2.15. The van der Waals surface area contributed by atoms with Crippen LogP contribution in [0.15, 0.2) is 36.7 Å². The van der Waals surface area contributed by atoms with E-state index in [1.165, 1.54) is 7.14 Å². The van der Waals surface area contributed by atoms with E-state index in [9.17, 15) is 0 Å². The summed E-state index contributed by atoms with van der Waals surface area (Å²) in [6.45, 7) is 0. The molecule has 0 aromatic carbocycles. The Morgan fingerprint density at radius 1 is 0.812 bits per heavy atom. The van der Waals surface area contributed by atoms with E-state index in [0.29, 0.717) is 10.3 Å². The Kier molecular flexibility index (Phi) is 5.75. The lowest BCUT2D eigenvalue weighted by molar-refractivity contribution is -0.598. The largest absolute Gasteiger partial charge is 1.00 e. The van der Waals surface area contributed by atoms with Crippen LogP contribution in [0, 0.1) is 7.14 Å². The van der Waals surface area contributed by atoms with E-state index in [1.807, 2.05) is 24.5 Å². The van der Waals surface area contributed by atoms with Gasteiger partial charge in [-0.3, -0.25) is 0 Å². The highest BCUT2D eigenvalue weighted by molar-refractivity contribution is 6.29. The van der Waals surface area contributed by atoms with E-state index in [4.69, 9.17) is 23.2 Å². The Morgan fingerprint density at radius 2 is 1.25 bits per heavy atom. The second-order valence-electron chi connectivity index (χ2n) is 2.69. The van der Waals surface area contributed by atoms with E-state index in [0.717, 1.165) is 0 Å². The maximum absolute atomic E-state index is 5.71. The van der Waals surface area contributed by atoms with Crippen molar-refractivity contribution in [3.8, 4) is 0 Å². The van der Waals surface area contributed by atoms with Gasteiger partial charge in [-0.05, 0) is 24.3 Å². The average Bonchev–Trinajstić information content (AvgIpc) is 2.25. The van der Waals surface area contributed by atoms with Crippen LogP contribution in [0.25, 0.3) is 0 Å². The third-order valence-electron chi connectivity index (χ3n) is 1.60. The lowest BCUT2D eigenvalue weighted by Gasteiger charge is -1.88. The van der Waals surface area contributed by atoms with Crippen LogP contribution in [-0.2, 0) is 0 Å². The molecule has 0 aliphatic heterocycles. The maximum Gasteiger partial charge on any atom is 0.361 e. The number of rotatable bonds is 2. The van der Waals surface area contributed by atoms with Crippen LogP contribution >= 0.6 is 23.2 Å². The summed E-state index contributed by atoms with van der Waals surface area (Å²) in [6.07, 6.45) is 3.62. The minimum atomic E-state index is -0.239. The molecule has 0 amide bonds. The van der Waals surface area contributed by atoms with Gasteiger partial charge in [0.1, 0.15) is 10.3 Å². The molecule has 0 saturated heterocycles. The summed E-state index contributed by atoms with van der Waals surface area (Å²) in [4.78, 5) is 8.08. The molecule has 0 aliphatic carbocycles. The molecule has 0 spiro atoms. The molecule has 16 heavy (non-hydrogen) atoms. The normalized spacial score (nSPS) is 9.62. The molecule has 2 aromatic heterocycles. The first-order valence-electron chi connectivity index (χ1n) is 4.12. The van der Waals surface area contributed by atoms with Crippen molar-refractivity contribution in [2.75, 3.05) is 0 Å². The smallest absolute Gasteiger partial charge is 0.361 e. The van der Waals surface area contributed by atoms with Gasteiger partial charge in [-0.25, -0.2) is 9.97 Å². The van der Waals surface area contributed by atoms with Crippen molar-refractivity contribution in [3.63, 3.8) is 0 Å². The number of hydrogen-bond acceptors (Lipinski definition) is 2. The Morgan fingerprint density at radius 3 is 1.56 bits per heavy atom. The van der Waals surface area contributed by atoms with Gasteiger partial charge in [0.25, 0.3) is 0 Å². The Hall–Kier alpha value is -0.100. The highest BCUT2D eigenvalue weighted by atomic mass is 127. The summed E-state index contributed by atoms with van der Waals surface area (Å²) < 4.78 is 2.42. The van der Waals surface area contributed by atoms with Crippen molar-refractivity contribution in [2.24, 2.45) is 0 Å². The van der Waals surface area contributed by atoms with Crippen molar-refractivity contribution in [3.05, 3.63) is 54.1 Å². The van der Waals surface area contributed by atoms with Crippen LogP contribution < -0.4 is 33.6 Å². The lowest BCUT2D eigenvalue weighted by atomic mass is 10.5. The molecule has 0 unspecified atom stereocenters. The second-order valence-corrected chi connectivity index (χ2v) is 6.50. The Labute approximate surface area is 120 Å². The highest BCUT2D eigenvalue weighted by Crippen LogP contribution is 2.00. The monoisotopic (exact) mass is 386 g/mol. The molecule has 84 valence electrons. The molecule has 0 N–H and O–H groups in total. The molecule has 2 aromatic rings. The fourth-order valence-corrected chi connectivity index (χ4v) is 3.17. The summed E-state index contributed by atoms with van der Waals surface area (Å²) in [6, 6.07) is 7.61. The van der Waals surface area contributed by atoms with Crippen LogP contribution in [0.2, 0.25) is 10.3 Å². The minimum Gasteiger partial charge on any atom is -1.00 e. The number of halogens is 4. The van der Waals surface area contributed by atoms with Crippen LogP contribution in [0.4, 0.5) is 0 Å². The van der Waals surface area contributed by atoms with Gasteiger partial charge < -0.3 is 12.4 Å². The molecule has 0 aliphatic rings. The standard InChI is InChI=1S/C10H6Cl2IN2.ClH/c11-9-3-1-7(5-14-9)13-8-2-4-10(12)15-6-8;/h1-6H;1H/q+1;/p-1. The predicted molar refractivity (Wildman–Crippen MR) is 55.9 cm³/mol. The number of nitrogens with zero attached hydrogens (tertiary/aromatic N) is 2. The van der Waals surface area contributed by atoms with Gasteiger partial charge in [-0.1, -0.05) is 23.2 Å². The molecule has 2 heterocycles. The van der Waals surface area contributed by atoms with Crippen molar-refractivity contribution >= 4 is 23.2 Å². The van der Waals surface area contributed by atoms with Crippen molar-refractivity contribution in [2.45, 2.75) is 0 Å². The van der Waals surface area contributed by atoms with Gasteiger partial charge >= 0.3 is 21.2 Å². The van der Waals surface area contributed by atoms with Gasteiger partial charge in [0.05, 0.1) is 12.4 Å². The molecular formula is C10H6Cl3IN2. The van der Waals surface area contributed by atoms with E-state index in [1.54, 1.807) is 12.1 Å². The quantitative estimate of drug-likeness (QED) is 0.404. The van der Waals surface area contributed by atoms with Crippen LogP contribution in [0.3, 0.4) is 0 Å². The SMILES string of the molecule is Clc1ccc([I+]c2ccc(Cl)nc2)cn1.[Cl-]. The van der Waals surface area contributed by atoms with E-state index >= 15 is 0 Å². The molecule has 0 fully saturated rings. The third kappa shape index (κ3) is 4.05. The van der Waals surface area contributed by atoms with Gasteiger partial charge in [0.15, 0.2) is 0 Å². The predicted octanol–water partition coefficient (Wildman–Crippen LogP) is -3.08. The van der Waals surface area contributed by atoms with Crippen LogP contribution in [0.1, 0.15) is 0 Å². The summed E-state index contributed by atoms with van der Waals surface area (Å²) in [7, 11) is 0. The number of hydrogen-bond donors (Lipinski definition) is 0. The number of aromatic nitrogens is 2. The Bertz CT molecular complexity index is 401. The topological polar surface area (TPSA) is 25.8 Å². The maximum atomic E-state index is 5.71. The summed E-state index contributed by atoms with van der Waals surface area (Å²) in [5.41, 5.74) is 0. The zero-order chi connectivity index (χ0) is 10.7. The number of pyridine rings is 2. The summed E-state index contributed by atoms with van der Waals surface area (Å²) in [5.74, 6) is 0. The molecule has 2 rings (SSSR count). The fraction of sp³-hybridized carbons (Fsp3) is 0. The van der Waals surface area contributed by atoms with Gasteiger partial charge in [-0.15, -0.1) is 0 Å². The minimum absolute atomic E-state index is 0. The zero-order valence-electron chi connectivity index (χ0n) is 7.87. The molecule has 2 nitrogen and oxygen atoms in total. The van der Waals surface area contributed by atoms with Crippen LogP contribution in [0.5, 0.6) is 0 Å².